The molecule has 3 amide bonds. The van der Waals surface area contributed by atoms with E-state index in [-0.39, 0.29) is 10.7 Å². The van der Waals surface area contributed by atoms with Gasteiger partial charge in [0.1, 0.15) is 6.54 Å². The average molecular weight is 531 g/mol. The summed E-state index contributed by atoms with van der Waals surface area (Å²) in [4.78, 5) is 51.4. The fourth-order valence-corrected chi connectivity index (χ4v) is 4.42. The van der Waals surface area contributed by atoms with Crippen LogP contribution in [0.25, 0.3) is 6.08 Å². The van der Waals surface area contributed by atoms with E-state index in [1.807, 2.05) is 38.1 Å². The van der Waals surface area contributed by atoms with Gasteiger partial charge in [-0.2, -0.15) is 0 Å². The van der Waals surface area contributed by atoms with Crippen LogP contribution in [0.1, 0.15) is 34.0 Å². The highest BCUT2D eigenvalue weighted by molar-refractivity contribution is 8.18. The molecule has 0 bridgehead atoms. The van der Waals surface area contributed by atoms with Gasteiger partial charge in [-0.15, -0.1) is 0 Å². The number of amides is 3. The number of anilines is 1. The second kappa shape index (κ2) is 11.8. The number of ether oxygens (including phenoxy) is 2. The number of imide groups is 1. The quantitative estimate of drug-likeness (QED) is 0.230. The van der Waals surface area contributed by atoms with Crippen molar-refractivity contribution in [3.63, 3.8) is 0 Å². The van der Waals surface area contributed by atoms with Crippen molar-refractivity contribution in [1.29, 1.82) is 0 Å². The molecular weight excluding hydrogens is 504 g/mol. The van der Waals surface area contributed by atoms with Gasteiger partial charge in [-0.25, -0.2) is 4.79 Å². The van der Waals surface area contributed by atoms with Gasteiger partial charge >= 0.3 is 5.97 Å². The lowest BCUT2D eigenvalue weighted by atomic mass is 10.1. The molecule has 0 aromatic heterocycles. The molecule has 0 spiro atoms. The third-order valence-corrected chi connectivity index (χ3v) is 6.47. The zero-order chi connectivity index (χ0) is 27.2. The first-order valence-corrected chi connectivity index (χ1v) is 12.7. The molecule has 1 heterocycles. The Balaban J connectivity index is 1.47. The maximum absolute atomic E-state index is 12.9. The van der Waals surface area contributed by atoms with Crippen LogP contribution in [0, 0.1) is 13.8 Å². The second-order valence-electron chi connectivity index (χ2n) is 8.58. The normalized spacial score (nSPS) is 14.1. The molecule has 0 atom stereocenters. The molecule has 0 radical (unpaired) electrons. The molecule has 3 aromatic carbocycles. The third-order valence-electron chi connectivity index (χ3n) is 5.57. The Bertz CT molecular complexity index is 1410. The molecule has 0 unspecified atom stereocenters. The summed E-state index contributed by atoms with van der Waals surface area (Å²) in [5.74, 6) is -1.01. The number of thioether (sulfide) groups is 1. The second-order valence-corrected chi connectivity index (χ2v) is 9.57. The highest BCUT2D eigenvalue weighted by Gasteiger charge is 2.36. The molecule has 194 valence electrons. The molecule has 1 N–H and O–H groups in total. The minimum atomic E-state index is -0.563. The van der Waals surface area contributed by atoms with Crippen molar-refractivity contribution in [2.75, 3.05) is 18.5 Å². The van der Waals surface area contributed by atoms with E-state index < -0.39 is 29.6 Å². The number of aryl methyl sites for hydroxylation is 2. The van der Waals surface area contributed by atoms with Crippen LogP contribution >= 0.6 is 11.8 Å². The summed E-state index contributed by atoms with van der Waals surface area (Å²) in [7, 11) is 0. The lowest BCUT2D eigenvalue weighted by Crippen LogP contribution is -2.36. The summed E-state index contributed by atoms with van der Waals surface area (Å²) in [5.41, 5.74) is 3.62. The van der Waals surface area contributed by atoms with E-state index in [1.165, 1.54) is 6.08 Å². The smallest absolute Gasteiger partial charge is 0.343 e. The van der Waals surface area contributed by atoms with Crippen LogP contribution in [-0.4, -0.2) is 41.1 Å². The van der Waals surface area contributed by atoms with Gasteiger partial charge in [0.05, 0.1) is 17.1 Å². The Kier molecular flexibility index (Phi) is 8.28. The average Bonchev–Trinajstić information content (AvgIpc) is 3.14. The van der Waals surface area contributed by atoms with Crippen molar-refractivity contribution in [3.05, 3.63) is 93.9 Å². The van der Waals surface area contributed by atoms with Crippen LogP contribution in [0.15, 0.2) is 71.6 Å². The van der Waals surface area contributed by atoms with Crippen LogP contribution in [0.3, 0.4) is 0 Å². The highest BCUT2D eigenvalue weighted by Crippen LogP contribution is 2.35. The summed E-state index contributed by atoms with van der Waals surface area (Å²) in [6.45, 7) is 5.58. The molecule has 1 fully saturated rings. The van der Waals surface area contributed by atoms with Crippen molar-refractivity contribution in [1.82, 2.24) is 4.90 Å². The van der Waals surface area contributed by atoms with Gasteiger partial charge in [-0.1, -0.05) is 41.5 Å². The number of hydrogen-bond acceptors (Lipinski definition) is 7. The van der Waals surface area contributed by atoms with Gasteiger partial charge in [0.25, 0.3) is 11.1 Å². The van der Waals surface area contributed by atoms with Crippen molar-refractivity contribution in [2.24, 2.45) is 0 Å². The number of benzene rings is 3. The highest BCUT2D eigenvalue weighted by atomic mass is 32.2. The van der Waals surface area contributed by atoms with Crippen molar-refractivity contribution >= 4 is 46.5 Å². The van der Waals surface area contributed by atoms with Crippen LogP contribution in [0.5, 0.6) is 11.5 Å². The van der Waals surface area contributed by atoms with Crippen LogP contribution < -0.4 is 14.8 Å². The number of nitrogens with one attached hydrogen (secondary N) is 1. The Morgan fingerprint density at radius 3 is 2.24 bits per heavy atom. The van der Waals surface area contributed by atoms with E-state index in [1.54, 1.807) is 49.4 Å². The lowest BCUT2D eigenvalue weighted by Gasteiger charge is -2.13. The fourth-order valence-electron chi connectivity index (χ4n) is 3.58. The summed E-state index contributed by atoms with van der Waals surface area (Å²) in [6.07, 6.45) is 1.54. The minimum Gasteiger partial charge on any atom is -0.490 e. The van der Waals surface area contributed by atoms with Gasteiger partial charge < -0.3 is 14.8 Å². The fraction of sp³-hybridized carbons (Fsp3) is 0.172. The van der Waals surface area contributed by atoms with Crippen molar-refractivity contribution in [2.45, 2.75) is 20.8 Å². The number of nitrogens with zero attached hydrogens (tertiary/aromatic N) is 1. The Morgan fingerprint density at radius 2 is 1.58 bits per heavy atom. The minimum absolute atomic E-state index is 0.171. The molecule has 1 aliphatic rings. The Morgan fingerprint density at radius 1 is 0.921 bits per heavy atom. The summed E-state index contributed by atoms with van der Waals surface area (Å²) >= 11 is 0.752. The van der Waals surface area contributed by atoms with Crippen molar-refractivity contribution < 1.29 is 28.7 Å². The predicted molar refractivity (Wildman–Crippen MR) is 146 cm³/mol. The van der Waals surface area contributed by atoms with E-state index in [0.29, 0.717) is 29.2 Å². The number of hydrogen-bond donors (Lipinski definition) is 1. The zero-order valence-corrected chi connectivity index (χ0v) is 22.0. The largest absolute Gasteiger partial charge is 0.490 e. The monoisotopic (exact) mass is 530 g/mol. The number of carbonyl (C=O) groups is 4. The van der Waals surface area contributed by atoms with Gasteiger partial charge in [-0.05, 0) is 80.6 Å². The number of carbonyl (C=O) groups excluding carboxylic acids is 4. The topological polar surface area (TPSA) is 102 Å². The van der Waals surface area contributed by atoms with E-state index in [2.05, 4.69) is 5.32 Å². The summed E-state index contributed by atoms with van der Waals surface area (Å²) in [5, 5.41) is 2.15. The van der Waals surface area contributed by atoms with Crippen LogP contribution in [0.4, 0.5) is 10.5 Å². The molecule has 1 aliphatic heterocycles. The van der Waals surface area contributed by atoms with Crippen LogP contribution in [0.2, 0.25) is 0 Å². The summed E-state index contributed by atoms with van der Waals surface area (Å²) < 4.78 is 11.2. The molecule has 0 aliphatic carbocycles. The van der Waals surface area contributed by atoms with Gasteiger partial charge in [0.2, 0.25) is 5.91 Å². The molecule has 9 heteroatoms. The van der Waals surface area contributed by atoms with E-state index in [4.69, 9.17) is 9.47 Å². The maximum atomic E-state index is 12.9. The molecule has 4 rings (SSSR count). The molecule has 3 aromatic rings. The third kappa shape index (κ3) is 6.49. The molecule has 0 saturated carbocycles. The number of rotatable bonds is 8. The molecule has 38 heavy (non-hydrogen) atoms. The number of esters is 1. The van der Waals surface area contributed by atoms with Crippen molar-refractivity contribution in [3.8, 4) is 11.5 Å². The van der Waals surface area contributed by atoms with E-state index >= 15 is 0 Å². The molecular formula is C29H26N2O6S. The van der Waals surface area contributed by atoms with Crippen LogP contribution in [-0.2, 0) is 9.59 Å². The molecule has 1 saturated heterocycles. The SMILES string of the molecule is CCOc1cc(/C=C2\SC(=O)N(CC(=O)Nc3ccc(C)cc3)C2=O)ccc1OC(=O)c1ccc(C)cc1. The van der Waals surface area contributed by atoms with E-state index in [9.17, 15) is 19.2 Å². The summed E-state index contributed by atoms with van der Waals surface area (Å²) in [6, 6.07) is 19.1. The zero-order valence-electron chi connectivity index (χ0n) is 21.1. The predicted octanol–water partition coefficient (Wildman–Crippen LogP) is 5.60. The molecule has 8 nitrogen and oxygen atoms in total. The van der Waals surface area contributed by atoms with Gasteiger partial charge in [0.15, 0.2) is 11.5 Å². The Hall–Kier alpha value is -4.37. The first-order valence-electron chi connectivity index (χ1n) is 11.9. The maximum Gasteiger partial charge on any atom is 0.343 e. The first kappa shape index (κ1) is 26.7. The van der Waals surface area contributed by atoms with Gasteiger partial charge in [-0.3, -0.25) is 19.3 Å². The van der Waals surface area contributed by atoms with Gasteiger partial charge in [0, 0.05) is 5.69 Å². The lowest BCUT2D eigenvalue weighted by molar-refractivity contribution is -0.127. The Labute approximate surface area is 224 Å². The first-order chi connectivity index (χ1) is 18.2. The van der Waals surface area contributed by atoms with E-state index in [0.717, 1.165) is 27.8 Å². The standard InChI is InChI=1S/C29H26N2O6S/c1-4-36-24-15-20(9-14-23(24)37-28(34)21-10-5-18(2)6-11-21)16-25-27(33)31(29(35)38-25)17-26(32)30-22-12-7-19(3)8-13-22/h5-16H,4,17H2,1-3H3,(H,30,32)/b25-16-.